The first kappa shape index (κ1) is 19.1. The molecule has 0 fully saturated rings. The van der Waals surface area contributed by atoms with Crippen LogP contribution in [0.4, 0.5) is 10.8 Å². The summed E-state index contributed by atoms with van der Waals surface area (Å²) in [7, 11) is 1.83. The van der Waals surface area contributed by atoms with E-state index in [9.17, 15) is 4.79 Å². The zero-order chi connectivity index (χ0) is 19.4. The second-order valence-corrected chi connectivity index (χ2v) is 7.41. The van der Waals surface area contributed by atoms with E-state index in [0.29, 0.717) is 28.1 Å². The van der Waals surface area contributed by atoms with Gasteiger partial charge in [0.1, 0.15) is 10.6 Å². The lowest BCUT2D eigenvalue weighted by Gasteiger charge is -2.10. The number of rotatable bonds is 5. The van der Waals surface area contributed by atoms with Crippen LogP contribution in [0.15, 0.2) is 42.6 Å². The third kappa shape index (κ3) is 4.35. The van der Waals surface area contributed by atoms with Gasteiger partial charge in [0, 0.05) is 29.8 Å². The van der Waals surface area contributed by atoms with Crippen LogP contribution in [0.25, 0.3) is 11.1 Å². The number of ether oxygens (including phenoxy) is 1. The van der Waals surface area contributed by atoms with Gasteiger partial charge in [0.2, 0.25) is 0 Å². The summed E-state index contributed by atoms with van der Waals surface area (Å²) in [5.41, 5.74) is 2.32. The van der Waals surface area contributed by atoms with Gasteiger partial charge in [-0.3, -0.25) is 4.68 Å². The number of carbonyl (C=O) groups is 1. The molecule has 0 amide bonds. The van der Waals surface area contributed by atoms with E-state index in [1.807, 2.05) is 56.6 Å². The number of nitrogens with zero attached hydrogens (tertiary/aromatic N) is 2. The number of esters is 1. The maximum Gasteiger partial charge on any atom is 0.341 e. The van der Waals surface area contributed by atoms with Crippen molar-refractivity contribution in [2.75, 3.05) is 17.2 Å². The number of carbonyl (C=O) groups excluding carboxylic acids is 1. The number of aryl methyl sites for hydroxylation is 2. The number of aromatic nitrogens is 2. The first-order valence-electron chi connectivity index (χ1n) is 8.43. The lowest BCUT2D eigenvalue weighted by Crippen LogP contribution is -2.20. The highest BCUT2D eigenvalue weighted by molar-refractivity contribution is 7.80. The van der Waals surface area contributed by atoms with Crippen LogP contribution in [-0.2, 0) is 11.8 Å². The lowest BCUT2D eigenvalue weighted by atomic mass is 10.0. The van der Waals surface area contributed by atoms with Gasteiger partial charge in [0.05, 0.1) is 6.61 Å². The zero-order valence-electron chi connectivity index (χ0n) is 15.3. The normalized spacial score (nSPS) is 10.5. The summed E-state index contributed by atoms with van der Waals surface area (Å²) in [6.45, 7) is 4.08. The molecule has 0 saturated carbocycles. The number of anilines is 2. The van der Waals surface area contributed by atoms with Crippen LogP contribution in [0.2, 0.25) is 0 Å². The standard InChI is InChI=1S/C19H20N4O2S2/c1-4-25-18(24)16-15(13-8-6-5-7-9-13)12(2)27-17(16)21-19(26)20-14-10-11-23(3)22-14/h5-11H,4H2,1-3H3,(H2,20,21,22,26). The number of benzene rings is 1. The van der Waals surface area contributed by atoms with Crippen LogP contribution in [0.1, 0.15) is 22.2 Å². The number of nitrogens with one attached hydrogen (secondary N) is 2. The minimum Gasteiger partial charge on any atom is -0.462 e. The van der Waals surface area contributed by atoms with Crippen LogP contribution in [0.5, 0.6) is 0 Å². The maximum atomic E-state index is 12.7. The fourth-order valence-electron chi connectivity index (χ4n) is 2.72. The number of thiophene rings is 1. The van der Waals surface area contributed by atoms with Gasteiger partial charge in [0.25, 0.3) is 0 Å². The van der Waals surface area contributed by atoms with Gasteiger partial charge >= 0.3 is 5.97 Å². The monoisotopic (exact) mass is 400 g/mol. The molecule has 8 heteroatoms. The average Bonchev–Trinajstić information content (AvgIpc) is 3.18. The van der Waals surface area contributed by atoms with Gasteiger partial charge in [-0.2, -0.15) is 5.10 Å². The van der Waals surface area contributed by atoms with Crippen molar-refractivity contribution in [2.45, 2.75) is 13.8 Å². The Labute approximate surface area is 167 Å². The first-order valence-corrected chi connectivity index (χ1v) is 9.65. The summed E-state index contributed by atoms with van der Waals surface area (Å²) in [5, 5.41) is 11.4. The topological polar surface area (TPSA) is 68.2 Å². The largest absolute Gasteiger partial charge is 0.462 e. The fourth-order valence-corrected chi connectivity index (χ4v) is 4.06. The van der Waals surface area contributed by atoms with E-state index < -0.39 is 0 Å². The molecule has 1 aromatic carbocycles. The van der Waals surface area contributed by atoms with Crippen molar-refractivity contribution >= 4 is 45.5 Å². The molecule has 3 rings (SSSR count). The third-order valence-corrected chi connectivity index (χ3v) is 5.03. The summed E-state index contributed by atoms with van der Waals surface area (Å²) < 4.78 is 6.97. The predicted octanol–water partition coefficient (Wildman–Crippen LogP) is 4.44. The Balaban J connectivity index is 1.94. The Morgan fingerprint density at radius 3 is 2.63 bits per heavy atom. The Morgan fingerprint density at radius 2 is 2.00 bits per heavy atom. The zero-order valence-corrected chi connectivity index (χ0v) is 16.9. The van der Waals surface area contributed by atoms with Gasteiger partial charge < -0.3 is 15.4 Å². The molecule has 0 aliphatic rings. The molecule has 2 N–H and O–H groups in total. The van der Waals surface area contributed by atoms with Crippen molar-refractivity contribution in [1.82, 2.24) is 9.78 Å². The Hall–Kier alpha value is -2.71. The summed E-state index contributed by atoms with van der Waals surface area (Å²) in [6, 6.07) is 11.6. The van der Waals surface area contributed by atoms with Gasteiger partial charge in [-0.15, -0.1) is 11.3 Å². The second kappa shape index (κ2) is 8.32. The van der Waals surface area contributed by atoms with Crippen molar-refractivity contribution in [3.8, 4) is 11.1 Å². The molecular weight excluding hydrogens is 380 g/mol. The highest BCUT2D eigenvalue weighted by Crippen LogP contribution is 2.40. The molecule has 0 aliphatic carbocycles. The molecular formula is C19H20N4O2S2. The van der Waals surface area contributed by atoms with E-state index >= 15 is 0 Å². The molecule has 0 spiro atoms. The summed E-state index contributed by atoms with van der Waals surface area (Å²) in [6.07, 6.45) is 1.82. The van der Waals surface area contributed by atoms with Crippen LogP contribution in [0.3, 0.4) is 0 Å². The van der Waals surface area contributed by atoms with Crippen LogP contribution >= 0.6 is 23.6 Å². The Kier molecular flexibility index (Phi) is 5.88. The van der Waals surface area contributed by atoms with Gasteiger partial charge in [-0.05, 0) is 31.6 Å². The lowest BCUT2D eigenvalue weighted by molar-refractivity contribution is 0.0529. The molecule has 0 bridgehead atoms. The molecule has 140 valence electrons. The summed E-state index contributed by atoms with van der Waals surface area (Å²) in [5.74, 6) is 0.257. The van der Waals surface area contributed by atoms with E-state index in [1.54, 1.807) is 11.6 Å². The number of hydrogen-bond donors (Lipinski definition) is 2. The molecule has 0 saturated heterocycles. The van der Waals surface area contributed by atoms with Gasteiger partial charge in [-0.25, -0.2) is 4.79 Å². The molecule has 6 nitrogen and oxygen atoms in total. The van der Waals surface area contributed by atoms with Crippen molar-refractivity contribution < 1.29 is 9.53 Å². The van der Waals surface area contributed by atoms with E-state index in [-0.39, 0.29) is 5.97 Å². The van der Waals surface area contributed by atoms with Crippen molar-refractivity contribution in [1.29, 1.82) is 0 Å². The predicted molar refractivity (Wildman–Crippen MR) is 113 cm³/mol. The van der Waals surface area contributed by atoms with E-state index in [4.69, 9.17) is 17.0 Å². The summed E-state index contributed by atoms with van der Waals surface area (Å²) >= 11 is 6.86. The maximum absolute atomic E-state index is 12.7. The third-order valence-electron chi connectivity index (χ3n) is 3.81. The first-order chi connectivity index (χ1) is 13.0. The van der Waals surface area contributed by atoms with Crippen molar-refractivity contribution in [2.24, 2.45) is 7.05 Å². The quantitative estimate of drug-likeness (QED) is 0.487. The SMILES string of the molecule is CCOC(=O)c1c(NC(=S)Nc2ccn(C)n2)sc(C)c1-c1ccccc1. The smallest absolute Gasteiger partial charge is 0.341 e. The van der Waals surface area contributed by atoms with E-state index in [2.05, 4.69) is 15.7 Å². The molecule has 0 radical (unpaired) electrons. The minimum absolute atomic E-state index is 0.304. The molecule has 0 atom stereocenters. The Morgan fingerprint density at radius 1 is 1.26 bits per heavy atom. The van der Waals surface area contributed by atoms with Crippen LogP contribution < -0.4 is 10.6 Å². The molecule has 2 aromatic heterocycles. The van der Waals surface area contributed by atoms with E-state index in [0.717, 1.165) is 16.0 Å². The molecule has 3 aromatic rings. The van der Waals surface area contributed by atoms with Crippen LogP contribution in [-0.4, -0.2) is 27.5 Å². The molecule has 27 heavy (non-hydrogen) atoms. The summed E-state index contributed by atoms with van der Waals surface area (Å²) in [4.78, 5) is 13.7. The van der Waals surface area contributed by atoms with Crippen molar-refractivity contribution in [3.63, 3.8) is 0 Å². The highest BCUT2D eigenvalue weighted by atomic mass is 32.1. The fraction of sp³-hybridized carbons (Fsp3) is 0.211. The molecule has 0 unspecified atom stereocenters. The number of hydrogen-bond acceptors (Lipinski definition) is 5. The van der Waals surface area contributed by atoms with Crippen LogP contribution in [0, 0.1) is 6.92 Å². The molecule has 0 aliphatic heterocycles. The highest BCUT2D eigenvalue weighted by Gasteiger charge is 2.25. The number of thiocarbonyl (C=S) groups is 1. The molecule has 2 heterocycles. The average molecular weight is 401 g/mol. The van der Waals surface area contributed by atoms with Gasteiger partial charge in [0.15, 0.2) is 10.9 Å². The van der Waals surface area contributed by atoms with Crippen molar-refractivity contribution in [3.05, 3.63) is 53.0 Å². The second-order valence-electron chi connectivity index (χ2n) is 5.78. The minimum atomic E-state index is -0.371. The van der Waals surface area contributed by atoms with Gasteiger partial charge in [-0.1, -0.05) is 30.3 Å². The Bertz CT molecular complexity index is 964. The van der Waals surface area contributed by atoms with E-state index in [1.165, 1.54) is 11.3 Å².